The number of piperidine rings is 1. The van der Waals surface area contributed by atoms with Gasteiger partial charge in [-0.05, 0) is 38.0 Å². The molecule has 1 atom stereocenters. The van der Waals surface area contributed by atoms with Crippen molar-refractivity contribution in [1.29, 1.82) is 0 Å². The van der Waals surface area contributed by atoms with E-state index in [0.29, 0.717) is 26.2 Å². The van der Waals surface area contributed by atoms with Crippen LogP contribution in [-0.2, 0) is 14.3 Å². The molecule has 0 N–H and O–H groups in total. The minimum Gasteiger partial charge on any atom is -0.497 e. The number of esters is 1. The molecule has 1 unspecified atom stereocenters. The molecule has 0 aliphatic carbocycles. The number of hydrogen-bond acceptors (Lipinski definition) is 7. The molecule has 150 valence electrons. The Balaban J connectivity index is 1.35. The number of likely N-dealkylation sites (tertiary alicyclic amines) is 1. The quantitative estimate of drug-likeness (QED) is 0.715. The minimum atomic E-state index is -0.187. The number of fused-ring (bicyclic) bond motifs is 1. The van der Waals surface area contributed by atoms with Crippen molar-refractivity contribution in [3.8, 4) is 5.75 Å². The Morgan fingerprint density at radius 2 is 2.07 bits per heavy atom. The summed E-state index contributed by atoms with van der Waals surface area (Å²) in [7, 11) is 1.65. The largest absolute Gasteiger partial charge is 0.497 e. The Labute approximate surface area is 168 Å². The highest BCUT2D eigenvalue weighted by molar-refractivity contribution is 7.22. The molecule has 4 rings (SSSR count). The van der Waals surface area contributed by atoms with Crippen molar-refractivity contribution < 1.29 is 19.1 Å². The highest BCUT2D eigenvalue weighted by Crippen LogP contribution is 2.35. The predicted octanol–water partition coefficient (Wildman–Crippen LogP) is 2.54. The Morgan fingerprint density at radius 3 is 2.82 bits per heavy atom. The van der Waals surface area contributed by atoms with E-state index in [9.17, 15) is 9.59 Å². The monoisotopic (exact) mass is 403 g/mol. The van der Waals surface area contributed by atoms with E-state index in [1.807, 2.05) is 30.0 Å². The Bertz CT molecular complexity index is 877. The number of carbonyl (C=O) groups is 2. The maximum Gasteiger partial charge on any atom is 0.310 e. The summed E-state index contributed by atoms with van der Waals surface area (Å²) in [6.07, 6.45) is 1.65. The molecule has 7 nitrogen and oxygen atoms in total. The van der Waals surface area contributed by atoms with E-state index in [4.69, 9.17) is 9.47 Å². The fourth-order valence-electron chi connectivity index (χ4n) is 3.83. The van der Waals surface area contributed by atoms with Gasteiger partial charge in [-0.25, -0.2) is 4.98 Å². The second-order valence-corrected chi connectivity index (χ2v) is 8.32. The minimum absolute atomic E-state index is 0.0255. The average Bonchev–Trinajstić information content (AvgIpc) is 3.09. The number of hydrogen-bond donors (Lipinski definition) is 0. The summed E-state index contributed by atoms with van der Waals surface area (Å²) in [6.45, 7) is 4.76. The summed E-state index contributed by atoms with van der Waals surface area (Å²) in [5, 5.41) is 0.940. The highest BCUT2D eigenvalue weighted by Gasteiger charge is 2.39. The first kappa shape index (κ1) is 19.0. The zero-order valence-electron chi connectivity index (χ0n) is 16.2. The van der Waals surface area contributed by atoms with Gasteiger partial charge in [0, 0.05) is 26.2 Å². The Morgan fingerprint density at radius 1 is 1.25 bits per heavy atom. The molecule has 0 bridgehead atoms. The van der Waals surface area contributed by atoms with E-state index in [1.54, 1.807) is 18.4 Å². The summed E-state index contributed by atoms with van der Waals surface area (Å²) in [6, 6.07) is 5.85. The number of rotatable bonds is 5. The number of aromatic nitrogens is 1. The van der Waals surface area contributed by atoms with Gasteiger partial charge >= 0.3 is 5.97 Å². The van der Waals surface area contributed by atoms with Crippen LogP contribution in [0.1, 0.15) is 19.8 Å². The molecular weight excluding hydrogens is 378 g/mol. The van der Waals surface area contributed by atoms with Crippen molar-refractivity contribution in [3.63, 3.8) is 0 Å². The fraction of sp³-hybridized carbons (Fsp3) is 0.550. The molecule has 0 saturated carbocycles. The Kier molecular flexibility index (Phi) is 5.39. The van der Waals surface area contributed by atoms with Crippen LogP contribution in [0.2, 0.25) is 0 Å². The number of carbonyl (C=O) groups excluding carboxylic acids is 2. The van der Waals surface area contributed by atoms with Crippen LogP contribution in [0, 0.1) is 11.8 Å². The molecule has 1 aromatic carbocycles. The number of thiazole rings is 1. The van der Waals surface area contributed by atoms with Crippen molar-refractivity contribution in [2.24, 2.45) is 11.8 Å². The number of anilines is 1. The summed E-state index contributed by atoms with van der Waals surface area (Å²) in [5.41, 5.74) is 0.948. The van der Waals surface area contributed by atoms with Crippen molar-refractivity contribution in [3.05, 3.63) is 18.2 Å². The lowest BCUT2D eigenvalue weighted by Crippen LogP contribution is -2.56. The van der Waals surface area contributed by atoms with E-state index in [2.05, 4.69) is 9.88 Å². The maximum atomic E-state index is 12.9. The first-order chi connectivity index (χ1) is 13.6. The number of benzene rings is 1. The molecule has 0 radical (unpaired) electrons. The molecule has 2 aromatic rings. The number of ether oxygens (including phenoxy) is 2. The van der Waals surface area contributed by atoms with Crippen LogP contribution in [0.25, 0.3) is 10.2 Å². The standard InChI is InChI=1S/C20H25N3O4S/c1-3-27-19(25)13-5-4-8-22(10-13)18(24)14-11-23(12-14)20-21-16-7-6-15(26-2)9-17(16)28-20/h6-7,9,13-14H,3-5,8,10-12H2,1-2H3. The van der Waals surface area contributed by atoms with Gasteiger partial charge in [-0.1, -0.05) is 11.3 Å². The molecule has 2 fully saturated rings. The molecule has 0 spiro atoms. The summed E-state index contributed by atoms with van der Waals surface area (Å²) >= 11 is 1.62. The van der Waals surface area contributed by atoms with Gasteiger partial charge in [0.1, 0.15) is 5.75 Å². The lowest BCUT2D eigenvalue weighted by Gasteiger charge is -2.42. The number of methoxy groups -OCH3 is 1. The number of amides is 1. The Hall–Kier alpha value is -2.35. The van der Waals surface area contributed by atoms with Crippen LogP contribution in [0.4, 0.5) is 5.13 Å². The first-order valence-electron chi connectivity index (χ1n) is 9.74. The van der Waals surface area contributed by atoms with Gasteiger partial charge < -0.3 is 19.3 Å². The smallest absolute Gasteiger partial charge is 0.310 e. The first-order valence-corrected chi connectivity index (χ1v) is 10.6. The van der Waals surface area contributed by atoms with E-state index in [0.717, 1.165) is 40.5 Å². The number of nitrogens with zero attached hydrogens (tertiary/aromatic N) is 3. The van der Waals surface area contributed by atoms with Crippen LogP contribution in [-0.4, -0.2) is 61.7 Å². The fourth-order valence-corrected chi connectivity index (χ4v) is 4.85. The van der Waals surface area contributed by atoms with Crippen LogP contribution in [0.15, 0.2) is 18.2 Å². The second-order valence-electron chi connectivity index (χ2n) is 7.31. The third-order valence-corrected chi connectivity index (χ3v) is 6.52. The van der Waals surface area contributed by atoms with Crippen LogP contribution < -0.4 is 9.64 Å². The molecule has 1 aromatic heterocycles. The van der Waals surface area contributed by atoms with Crippen LogP contribution in [0.3, 0.4) is 0 Å². The molecule has 28 heavy (non-hydrogen) atoms. The summed E-state index contributed by atoms with van der Waals surface area (Å²) < 4.78 is 11.5. The zero-order valence-corrected chi connectivity index (χ0v) is 17.0. The summed E-state index contributed by atoms with van der Waals surface area (Å²) in [4.78, 5) is 33.5. The van der Waals surface area contributed by atoms with E-state index in [1.165, 1.54) is 0 Å². The van der Waals surface area contributed by atoms with Gasteiger partial charge in [-0.15, -0.1) is 0 Å². The third-order valence-electron chi connectivity index (χ3n) is 5.44. The molecule has 2 aliphatic heterocycles. The van der Waals surface area contributed by atoms with Crippen molar-refractivity contribution in [1.82, 2.24) is 9.88 Å². The van der Waals surface area contributed by atoms with Crippen LogP contribution in [0.5, 0.6) is 5.75 Å². The van der Waals surface area contributed by atoms with Crippen molar-refractivity contribution >= 4 is 38.6 Å². The van der Waals surface area contributed by atoms with Gasteiger partial charge in [0.25, 0.3) is 0 Å². The van der Waals surface area contributed by atoms with E-state index >= 15 is 0 Å². The van der Waals surface area contributed by atoms with Gasteiger partial charge in [0.15, 0.2) is 5.13 Å². The molecule has 2 saturated heterocycles. The molecule has 1 amide bonds. The normalized spacial score (nSPS) is 20.1. The van der Waals surface area contributed by atoms with Gasteiger partial charge in [-0.3, -0.25) is 9.59 Å². The maximum absolute atomic E-state index is 12.9. The summed E-state index contributed by atoms with van der Waals surface area (Å²) in [5.74, 6) is 0.573. The SMILES string of the molecule is CCOC(=O)C1CCCN(C(=O)C2CN(c3nc4ccc(OC)cc4s3)C2)C1. The van der Waals surface area contributed by atoms with E-state index < -0.39 is 0 Å². The average molecular weight is 404 g/mol. The highest BCUT2D eigenvalue weighted by atomic mass is 32.1. The zero-order chi connectivity index (χ0) is 19.7. The second kappa shape index (κ2) is 7.95. The van der Waals surface area contributed by atoms with Gasteiger partial charge in [0.2, 0.25) is 5.91 Å². The lowest BCUT2D eigenvalue weighted by atomic mass is 9.94. The van der Waals surface area contributed by atoms with Gasteiger partial charge in [0.05, 0.1) is 35.8 Å². The van der Waals surface area contributed by atoms with Crippen molar-refractivity contribution in [2.75, 3.05) is 44.8 Å². The van der Waals surface area contributed by atoms with E-state index in [-0.39, 0.29) is 23.7 Å². The lowest BCUT2D eigenvalue weighted by molar-refractivity contribution is -0.152. The molecular formula is C20H25N3O4S. The molecule has 8 heteroatoms. The molecule has 2 aliphatic rings. The third kappa shape index (κ3) is 3.65. The van der Waals surface area contributed by atoms with Gasteiger partial charge in [-0.2, -0.15) is 0 Å². The predicted molar refractivity (Wildman–Crippen MR) is 108 cm³/mol. The molecule has 3 heterocycles. The van der Waals surface area contributed by atoms with Crippen molar-refractivity contribution in [2.45, 2.75) is 19.8 Å². The topological polar surface area (TPSA) is 72.0 Å². The van der Waals surface area contributed by atoms with Crippen LogP contribution >= 0.6 is 11.3 Å².